The molecule has 2 nitrogen and oxygen atoms in total. The van der Waals surface area contributed by atoms with E-state index in [-0.39, 0.29) is 0 Å². The molecule has 0 saturated carbocycles. The third-order valence-electron chi connectivity index (χ3n) is 1.59. The van der Waals surface area contributed by atoms with Gasteiger partial charge in [-0.1, -0.05) is 32.4 Å². The Balaban J connectivity index is 0.000000500. The maximum Gasteiger partial charge on any atom is 0.118 e. The first-order valence-corrected chi connectivity index (χ1v) is 5.11. The molecule has 2 N–H and O–H groups in total. The topological polar surface area (TPSA) is 35.2 Å². The molecule has 0 fully saturated rings. The second kappa shape index (κ2) is 8.57. The monoisotopic (exact) mass is 195 g/mol. The normalized spacial score (nSPS) is 8.86. The fourth-order valence-electron chi connectivity index (χ4n) is 0.959. The Morgan fingerprint density at radius 1 is 1.14 bits per heavy atom. The fourth-order valence-corrected chi connectivity index (χ4v) is 0.959. The SMILES string of the molecule is CCC.COc1ccc(CCN)cc1. The molecule has 0 amide bonds. The summed E-state index contributed by atoms with van der Waals surface area (Å²) in [6.07, 6.45) is 2.18. The van der Waals surface area contributed by atoms with E-state index in [0.29, 0.717) is 6.54 Å². The van der Waals surface area contributed by atoms with Crippen molar-refractivity contribution in [3.05, 3.63) is 29.8 Å². The lowest BCUT2D eigenvalue weighted by Gasteiger charge is -2.00. The molecule has 0 aliphatic carbocycles. The van der Waals surface area contributed by atoms with Crippen LogP contribution in [0.25, 0.3) is 0 Å². The van der Waals surface area contributed by atoms with Crippen LogP contribution in [0.4, 0.5) is 0 Å². The maximum atomic E-state index is 5.40. The Morgan fingerprint density at radius 3 is 2.00 bits per heavy atom. The minimum Gasteiger partial charge on any atom is -0.497 e. The Hall–Kier alpha value is -1.02. The highest BCUT2D eigenvalue weighted by atomic mass is 16.5. The first-order chi connectivity index (χ1) is 6.78. The van der Waals surface area contributed by atoms with E-state index < -0.39 is 0 Å². The lowest BCUT2D eigenvalue weighted by molar-refractivity contribution is 0.414. The molecule has 0 unspecified atom stereocenters. The highest BCUT2D eigenvalue weighted by molar-refractivity contribution is 5.27. The largest absolute Gasteiger partial charge is 0.497 e. The summed E-state index contributed by atoms with van der Waals surface area (Å²) in [4.78, 5) is 0. The summed E-state index contributed by atoms with van der Waals surface area (Å²) < 4.78 is 5.02. The molecule has 2 heteroatoms. The van der Waals surface area contributed by atoms with Crippen molar-refractivity contribution in [3.63, 3.8) is 0 Å². The minimum atomic E-state index is 0.701. The van der Waals surface area contributed by atoms with Gasteiger partial charge in [0.2, 0.25) is 0 Å². The van der Waals surface area contributed by atoms with Gasteiger partial charge in [-0.25, -0.2) is 0 Å². The molecule has 0 heterocycles. The minimum absolute atomic E-state index is 0.701. The number of benzene rings is 1. The van der Waals surface area contributed by atoms with E-state index in [1.54, 1.807) is 7.11 Å². The number of rotatable bonds is 3. The van der Waals surface area contributed by atoms with Gasteiger partial charge in [0.25, 0.3) is 0 Å². The number of hydrogen-bond acceptors (Lipinski definition) is 2. The zero-order valence-electron chi connectivity index (χ0n) is 9.42. The average molecular weight is 195 g/mol. The smallest absolute Gasteiger partial charge is 0.118 e. The van der Waals surface area contributed by atoms with Crippen molar-refractivity contribution in [1.82, 2.24) is 0 Å². The van der Waals surface area contributed by atoms with Gasteiger partial charge in [0.15, 0.2) is 0 Å². The Labute approximate surface area is 87.1 Å². The zero-order chi connectivity index (χ0) is 10.8. The quantitative estimate of drug-likeness (QED) is 0.804. The van der Waals surface area contributed by atoms with Gasteiger partial charge in [0.1, 0.15) is 5.75 Å². The predicted octanol–water partition coefficient (Wildman–Crippen LogP) is 2.61. The van der Waals surface area contributed by atoms with Crippen LogP contribution >= 0.6 is 0 Å². The molecule has 0 spiro atoms. The van der Waals surface area contributed by atoms with Gasteiger partial charge in [-0.05, 0) is 30.7 Å². The summed E-state index contributed by atoms with van der Waals surface area (Å²) in [5.41, 5.74) is 6.66. The van der Waals surface area contributed by atoms with Crippen molar-refractivity contribution in [2.24, 2.45) is 5.73 Å². The van der Waals surface area contributed by atoms with E-state index in [9.17, 15) is 0 Å². The van der Waals surface area contributed by atoms with Gasteiger partial charge in [0.05, 0.1) is 7.11 Å². The van der Waals surface area contributed by atoms with E-state index >= 15 is 0 Å². The molecule has 0 atom stereocenters. The Bertz CT molecular complexity index is 218. The molecule has 0 radical (unpaired) electrons. The van der Waals surface area contributed by atoms with Crippen LogP contribution in [0.2, 0.25) is 0 Å². The van der Waals surface area contributed by atoms with Crippen LogP contribution in [0.5, 0.6) is 5.75 Å². The van der Waals surface area contributed by atoms with Crippen LogP contribution in [0.1, 0.15) is 25.8 Å². The maximum absolute atomic E-state index is 5.40. The Kier molecular flexibility index (Phi) is 7.95. The lowest BCUT2D eigenvalue weighted by Crippen LogP contribution is -2.02. The summed E-state index contributed by atoms with van der Waals surface area (Å²) >= 11 is 0. The van der Waals surface area contributed by atoms with Crippen molar-refractivity contribution >= 4 is 0 Å². The van der Waals surface area contributed by atoms with Crippen molar-refractivity contribution in [2.75, 3.05) is 13.7 Å². The number of hydrogen-bond donors (Lipinski definition) is 1. The van der Waals surface area contributed by atoms with Gasteiger partial charge < -0.3 is 10.5 Å². The summed E-state index contributed by atoms with van der Waals surface area (Å²) in [6.45, 7) is 4.95. The second-order valence-electron chi connectivity index (χ2n) is 3.09. The molecule has 80 valence electrons. The highest BCUT2D eigenvalue weighted by Gasteiger charge is 1.91. The predicted molar refractivity (Wildman–Crippen MR) is 61.7 cm³/mol. The fraction of sp³-hybridized carbons (Fsp3) is 0.500. The molecule has 0 aliphatic heterocycles. The third kappa shape index (κ3) is 5.60. The van der Waals surface area contributed by atoms with Crippen LogP contribution in [0.3, 0.4) is 0 Å². The molecular formula is C12H21NO. The highest BCUT2D eigenvalue weighted by Crippen LogP contribution is 2.10. The molecular weight excluding hydrogens is 174 g/mol. The third-order valence-corrected chi connectivity index (χ3v) is 1.59. The summed E-state index contributed by atoms with van der Waals surface area (Å²) in [6, 6.07) is 7.97. The number of methoxy groups -OCH3 is 1. The van der Waals surface area contributed by atoms with Gasteiger partial charge in [-0.15, -0.1) is 0 Å². The summed E-state index contributed by atoms with van der Waals surface area (Å²) in [7, 11) is 1.66. The molecule has 1 rings (SSSR count). The molecule has 14 heavy (non-hydrogen) atoms. The number of ether oxygens (including phenoxy) is 1. The zero-order valence-corrected chi connectivity index (χ0v) is 9.42. The van der Waals surface area contributed by atoms with Gasteiger partial charge >= 0.3 is 0 Å². The first kappa shape index (κ1) is 13.0. The van der Waals surface area contributed by atoms with Crippen LogP contribution in [-0.2, 0) is 6.42 Å². The second-order valence-corrected chi connectivity index (χ2v) is 3.09. The molecule has 0 bridgehead atoms. The van der Waals surface area contributed by atoms with Crippen molar-refractivity contribution in [1.29, 1.82) is 0 Å². The van der Waals surface area contributed by atoms with Crippen LogP contribution < -0.4 is 10.5 Å². The molecule has 0 aromatic heterocycles. The lowest BCUT2D eigenvalue weighted by atomic mass is 10.1. The van der Waals surface area contributed by atoms with Crippen molar-refractivity contribution < 1.29 is 4.74 Å². The summed E-state index contributed by atoms with van der Waals surface area (Å²) in [5.74, 6) is 0.894. The standard InChI is InChI=1S/C9H13NO.C3H8/c1-11-9-4-2-8(3-5-9)6-7-10;1-3-2/h2-5H,6-7,10H2,1H3;3H2,1-2H3. The van der Waals surface area contributed by atoms with Crippen LogP contribution in [0, 0.1) is 0 Å². The molecule has 1 aromatic carbocycles. The Morgan fingerprint density at radius 2 is 1.64 bits per heavy atom. The molecule has 0 saturated heterocycles. The van der Waals surface area contributed by atoms with Crippen molar-refractivity contribution in [3.8, 4) is 5.75 Å². The van der Waals surface area contributed by atoms with Crippen molar-refractivity contribution in [2.45, 2.75) is 26.7 Å². The molecule has 0 aliphatic rings. The van der Waals surface area contributed by atoms with Crippen LogP contribution in [-0.4, -0.2) is 13.7 Å². The van der Waals surface area contributed by atoms with Crippen LogP contribution in [0.15, 0.2) is 24.3 Å². The summed E-state index contributed by atoms with van der Waals surface area (Å²) in [5, 5.41) is 0. The van der Waals surface area contributed by atoms with E-state index in [2.05, 4.69) is 13.8 Å². The van der Waals surface area contributed by atoms with E-state index in [0.717, 1.165) is 12.2 Å². The van der Waals surface area contributed by atoms with E-state index in [1.807, 2.05) is 24.3 Å². The molecule has 1 aromatic rings. The number of nitrogens with two attached hydrogens (primary N) is 1. The first-order valence-electron chi connectivity index (χ1n) is 5.11. The average Bonchev–Trinajstić information content (AvgIpc) is 2.21. The van der Waals surface area contributed by atoms with E-state index in [1.165, 1.54) is 12.0 Å². The van der Waals surface area contributed by atoms with Gasteiger partial charge in [-0.3, -0.25) is 0 Å². The van der Waals surface area contributed by atoms with Gasteiger partial charge in [-0.2, -0.15) is 0 Å². The van der Waals surface area contributed by atoms with Gasteiger partial charge in [0, 0.05) is 0 Å². The van der Waals surface area contributed by atoms with E-state index in [4.69, 9.17) is 10.5 Å².